The average molecular weight is 572 g/mol. The van der Waals surface area contributed by atoms with Crippen LogP contribution in [0.15, 0.2) is 66.9 Å². The zero-order valence-corrected chi connectivity index (χ0v) is 24.0. The van der Waals surface area contributed by atoms with E-state index in [2.05, 4.69) is 25.2 Å². The van der Waals surface area contributed by atoms with Crippen molar-refractivity contribution in [2.24, 2.45) is 0 Å². The maximum absolute atomic E-state index is 12.9. The lowest BCUT2D eigenvalue weighted by molar-refractivity contribution is 0.243. The number of methoxy groups -OCH3 is 1. The van der Waals surface area contributed by atoms with Crippen LogP contribution in [-0.4, -0.2) is 51.9 Å². The van der Waals surface area contributed by atoms with E-state index in [0.717, 1.165) is 29.7 Å². The van der Waals surface area contributed by atoms with Gasteiger partial charge in [-0.15, -0.1) is 0 Å². The number of piperidine rings is 1. The number of rotatable bonds is 8. The van der Waals surface area contributed by atoms with Crippen molar-refractivity contribution in [3.63, 3.8) is 0 Å². The molecule has 0 aliphatic carbocycles. The number of pyridine rings is 1. The van der Waals surface area contributed by atoms with Gasteiger partial charge in [0.2, 0.25) is 10.0 Å². The van der Waals surface area contributed by atoms with Gasteiger partial charge < -0.3 is 20.3 Å². The number of anilines is 2. The minimum absolute atomic E-state index is 0.0800. The molecular formula is C28H34ClN5O4S. The lowest BCUT2D eigenvalue weighted by Gasteiger charge is -2.40. The zero-order valence-electron chi connectivity index (χ0n) is 22.4. The molecule has 1 aromatic heterocycles. The van der Waals surface area contributed by atoms with E-state index in [1.807, 2.05) is 50.2 Å². The Labute approximate surface area is 235 Å². The van der Waals surface area contributed by atoms with Gasteiger partial charge in [0.1, 0.15) is 5.75 Å². The van der Waals surface area contributed by atoms with E-state index in [1.165, 1.54) is 0 Å². The van der Waals surface area contributed by atoms with Crippen molar-refractivity contribution >= 4 is 39.0 Å². The number of amides is 2. The lowest BCUT2D eigenvalue weighted by Crippen LogP contribution is -2.51. The van der Waals surface area contributed by atoms with Gasteiger partial charge in [-0.05, 0) is 74.4 Å². The maximum Gasteiger partial charge on any atom is 0.319 e. The minimum Gasteiger partial charge on any atom is -0.495 e. The highest BCUT2D eigenvalue weighted by atomic mass is 35.5. The van der Waals surface area contributed by atoms with Crippen LogP contribution in [-0.2, 0) is 15.6 Å². The number of carbonyl (C=O) groups excluding carboxylic acids is 1. The van der Waals surface area contributed by atoms with Gasteiger partial charge in [0.05, 0.1) is 25.1 Å². The first-order valence-corrected chi connectivity index (χ1v) is 14.9. The molecule has 1 aliphatic heterocycles. The van der Waals surface area contributed by atoms with E-state index >= 15 is 0 Å². The molecule has 0 bridgehead atoms. The highest BCUT2D eigenvalue weighted by Crippen LogP contribution is 2.32. The molecule has 0 radical (unpaired) electrons. The minimum atomic E-state index is -3.36. The number of nitrogens with zero attached hydrogens (tertiary/aromatic N) is 2. The molecule has 2 amide bonds. The Hall–Kier alpha value is -3.34. The van der Waals surface area contributed by atoms with Gasteiger partial charge in [-0.1, -0.05) is 23.7 Å². The first-order valence-electron chi connectivity index (χ1n) is 12.6. The molecule has 2 atom stereocenters. The van der Waals surface area contributed by atoms with E-state index < -0.39 is 15.6 Å². The monoisotopic (exact) mass is 571 g/mol. The van der Waals surface area contributed by atoms with Gasteiger partial charge in [0, 0.05) is 47.1 Å². The quantitative estimate of drug-likeness (QED) is 0.361. The Bertz CT molecular complexity index is 1380. The maximum atomic E-state index is 12.9. The molecule has 3 N–H and O–H groups in total. The molecule has 1 aliphatic rings. The number of aromatic nitrogens is 1. The summed E-state index contributed by atoms with van der Waals surface area (Å²) in [6.07, 6.45) is 3.55. The number of hydrogen-bond acceptors (Lipinski definition) is 6. The van der Waals surface area contributed by atoms with Gasteiger partial charge in [0.25, 0.3) is 0 Å². The second-order valence-corrected chi connectivity index (χ2v) is 12.4. The largest absolute Gasteiger partial charge is 0.495 e. The van der Waals surface area contributed by atoms with Crippen LogP contribution >= 0.6 is 11.6 Å². The van der Waals surface area contributed by atoms with E-state index in [0.29, 0.717) is 29.4 Å². The fraction of sp³-hybridized carbons (Fsp3) is 0.357. The summed E-state index contributed by atoms with van der Waals surface area (Å²) >= 11 is 5.96. The number of carbonyl (C=O) groups is 1. The van der Waals surface area contributed by atoms with Crippen LogP contribution in [0.25, 0.3) is 0 Å². The van der Waals surface area contributed by atoms with Crippen LogP contribution in [0.1, 0.15) is 37.4 Å². The Morgan fingerprint density at radius 3 is 2.36 bits per heavy atom. The molecule has 1 saturated heterocycles. The molecule has 2 aromatic carbocycles. The summed E-state index contributed by atoms with van der Waals surface area (Å²) < 4.78 is 31.5. The van der Waals surface area contributed by atoms with E-state index in [1.54, 1.807) is 37.6 Å². The fourth-order valence-corrected chi connectivity index (χ4v) is 6.04. The van der Waals surface area contributed by atoms with Crippen LogP contribution in [0.5, 0.6) is 5.75 Å². The second-order valence-electron chi connectivity index (χ2n) is 10.2. The predicted molar refractivity (Wildman–Crippen MR) is 155 cm³/mol. The number of halogens is 1. The van der Waals surface area contributed by atoms with Crippen molar-refractivity contribution < 1.29 is 17.9 Å². The number of benzene rings is 2. The standard InChI is InChI=1S/C28H34ClN5O4S/c1-28(2,33-39(4,36)37)19-5-11-22(12-6-19)34-16-15-26(24(18-34)25-14-13-23(38-3)17-30-25)32-27(35)31-21-9-7-20(29)8-10-21/h5-14,17,24,26,33H,15-16,18H2,1-4H3,(H2,31,32,35). The smallest absolute Gasteiger partial charge is 0.319 e. The number of sulfonamides is 1. The number of nitrogens with one attached hydrogen (secondary N) is 3. The molecule has 0 saturated carbocycles. The molecule has 2 unspecified atom stereocenters. The highest BCUT2D eigenvalue weighted by molar-refractivity contribution is 7.88. The van der Waals surface area contributed by atoms with Crippen molar-refractivity contribution in [1.82, 2.24) is 15.0 Å². The number of ether oxygens (including phenoxy) is 1. The van der Waals surface area contributed by atoms with Crippen LogP contribution in [0.4, 0.5) is 16.2 Å². The average Bonchev–Trinajstić information content (AvgIpc) is 2.89. The van der Waals surface area contributed by atoms with Crippen molar-refractivity contribution in [1.29, 1.82) is 0 Å². The van der Waals surface area contributed by atoms with Crippen molar-refractivity contribution in [3.05, 3.63) is 83.1 Å². The molecule has 3 aromatic rings. The first-order chi connectivity index (χ1) is 18.4. The van der Waals surface area contributed by atoms with Crippen LogP contribution < -0.4 is 25.0 Å². The molecule has 1 fully saturated rings. The SMILES string of the molecule is COc1ccc(C2CN(c3ccc(C(C)(C)NS(C)(=O)=O)cc3)CCC2NC(=O)Nc2ccc(Cl)cc2)nc1. The van der Waals surface area contributed by atoms with Crippen molar-refractivity contribution in [3.8, 4) is 5.75 Å². The third kappa shape index (κ3) is 7.62. The second kappa shape index (κ2) is 11.8. The van der Waals surface area contributed by atoms with Crippen molar-refractivity contribution in [2.45, 2.75) is 37.8 Å². The third-order valence-electron chi connectivity index (χ3n) is 6.80. The molecule has 11 heteroatoms. The summed E-state index contributed by atoms with van der Waals surface area (Å²) in [7, 11) is -1.77. The van der Waals surface area contributed by atoms with Crippen molar-refractivity contribution in [2.75, 3.05) is 36.7 Å². The summed E-state index contributed by atoms with van der Waals surface area (Å²) in [6, 6.07) is 18.2. The normalized spacial score (nSPS) is 17.9. The van der Waals surface area contributed by atoms with Gasteiger partial charge >= 0.3 is 6.03 Å². The van der Waals surface area contributed by atoms with Crippen LogP contribution in [0, 0.1) is 0 Å². The Morgan fingerprint density at radius 1 is 1.08 bits per heavy atom. The summed E-state index contributed by atoms with van der Waals surface area (Å²) in [4.78, 5) is 19.8. The molecule has 9 nitrogen and oxygen atoms in total. The van der Waals surface area contributed by atoms with E-state index in [9.17, 15) is 13.2 Å². The van der Waals surface area contributed by atoms with Gasteiger partial charge in [-0.2, -0.15) is 0 Å². The number of hydrogen-bond donors (Lipinski definition) is 3. The summed E-state index contributed by atoms with van der Waals surface area (Å²) in [5, 5.41) is 6.61. The highest BCUT2D eigenvalue weighted by Gasteiger charge is 2.33. The Kier molecular flexibility index (Phi) is 8.68. The number of urea groups is 1. The van der Waals surface area contributed by atoms with Gasteiger partial charge in [-0.25, -0.2) is 17.9 Å². The van der Waals surface area contributed by atoms with Gasteiger partial charge in [0.15, 0.2) is 0 Å². The Balaban J connectivity index is 1.52. The Morgan fingerprint density at radius 2 is 1.77 bits per heavy atom. The van der Waals surface area contributed by atoms with Crippen LogP contribution in [0.2, 0.25) is 5.02 Å². The molecule has 39 heavy (non-hydrogen) atoms. The molecule has 2 heterocycles. The summed E-state index contributed by atoms with van der Waals surface area (Å²) in [5.41, 5.74) is 2.64. The zero-order chi connectivity index (χ0) is 28.2. The van der Waals surface area contributed by atoms with E-state index in [-0.39, 0.29) is 18.0 Å². The topological polar surface area (TPSA) is 113 Å². The molecule has 0 spiro atoms. The molecule has 208 valence electrons. The van der Waals surface area contributed by atoms with Crippen LogP contribution in [0.3, 0.4) is 0 Å². The molecule has 4 rings (SSSR count). The predicted octanol–water partition coefficient (Wildman–Crippen LogP) is 4.71. The third-order valence-corrected chi connectivity index (χ3v) is 7.93. The first kappa shape index (κ1) is 28.7. The summed E-state index contributed by atoms with van der Waals surface area (Å²) in [6.45, 7) is 5.03. The summed E-state index contributed by atoms with van der Waals surface area (Å²) in [5.74, 6) is 0.584. The fourth-order valence-electron chi connectivity index (χ4n) is 4.87. The van der Waals surface area contributed by atoms with E-state index in [4.69, 9.17) is 16.3 Å². The molecular weight excluding hydrogens is 538 g/mol. The lowest BCUT2D eigenvalue weighted by atomic mass is 9.88. The van der Waals surface area contributed by atoms with Gasteiger partial charge in [-0.3, -0.25) is 4.98 Å².